The highest BCUT2D eigenvalue weighted by Crippen LogP contribution is 2.27. The molecule has 0 aliphatic carbocycles. The summed E-state index contributed by atoms with van der Waals surface area (Å²) in [4.78, 5) is 27.1. The van der Waals surface area contributed by atoms with Crippen LogP contribution >= 0.6 is 0 Å². The molecule has 2 rings (SSSR count). The molecule has 0 spiro atoms. The number of nitrogens with zero attached hydrogens (tertiary/aromatic N) is 1. The van der Waals surface area contributed by atoms with Gasteiger partial charge in [0.25, 0.3) is 0 Å². The van der Waals surface area contributed by atoms with Gasteiger partial charge in [0.2, 0.25) is 5.91 Å². The predicted molar refractivity (Wildman–Crippen MR) is 121 cm³/mol. The first-order valence-corrected chi connectivity index (χ1v) is 10.4. The number of amides is 2. The van der Waals surface area contributed by atoms with Crippen LogP contribution in [0.3, 0.4) is 0 Å². The minimum atomic E-state index is -0.705. The second kappa shape index (κ2) is 12.0. The highest BCUT2D eigenvalue weighted by molar-refractivity contribution is 5.85. The average molecular weight is 428 g/mol. The van der Waals surface area contributed by atoms with Crippen molar-refractivity contribution >= 4 is 12.0 Å². The molecule has 0 saturated heterocycles. The molecule has 31 heavy (non-hydrogen) atoms. The molecule has 2 N–H and O–H groups in total. The Bertz CT molecular complexity index is 840. The second-order valence-corrected chi connectivity index (χ2v) is 7.89. The Balaban J connectivity index is 1.98. The fourth-order valence-electron chi connectivity index (χ4n) is 3.25. The van der Waals surface area contributed by atoms with Gasteiger partial charge in [-0.25, -0.2) is 4.79 Å². The van der Waals surface area contributed by atoms with E-state index >= 15 is 0 Å². The van der Waals surface area contributed by atoms with E-state index in [1.807, 2.05) is 87.4 Å². The Labute approximate surface area is 184 Å². The number of benzene rings is 2. The molecule has 0 aliphatic rings. The fraction of sp³-hybridized carbons (Fsp3) is 0.417. The summed E-state index contributed by atoms with van der Waals surface area (Å²) in [5.41, 5.74) is 1.86. The van der Waals surface area contributed by atoms with Gasteiger partial charge in [0.05, 0.1) is 13.2 Å². The number of nitrogens with one attached hydrogen (secondary N) is 2. The monoisotopic (exact) mass is 427 g/mol. The van der Waals surface area contributed by atoms with E-state index in [0.29, 0.717) is 6.54 Å². The summed E-state index contributed by atoms with van der Waals surface area (Å²) in [6, 6.07) is 16.3. The topological polar surface area (TPSA) is 79.9 Å². The van der Waals surface area contributed by atoms with Crippen molar-refractivity contribution < 1.29 is 19.1 Å². The number of likely N-dealkylation sites (N-methyl/N-ethyl adjacent to an activating group) is 1. The summed E-state index contributed by atoms with van der Waals surface area (Å²) in [7, 11) is 5.52. The van der Waals surface area contributed by atoms with E-state index in [2.05, 4.69) is 10.6 Å². The largest absolute Gasteiger partial charge is 0.496 e. The zero-order chi connectivity index (χ0) is 22.8. The molecule has 0 saturated carbocycles. The van der Waals surface area contributed by atoms with E-state index in [0.717, 1.165) is 16.9 Å². The Morgan fingerprint density at radius 3 is 2.26 bits per heavy atom. The molecular formula is C24H33N3O4. The highest BCUT2D eigenvalue weighted by Gasteiger charge is 2.26. The van der Waals surface area contributed by atoms with Crippen LogP contribution in [0.4, 0.5) is 4.79 Å². The van der Waals surface area contributed by atoms with Crippen LogP contribution in [0.5, 0.6) is 5.75 Å². The van der Waals surface area contributed by atoms with E-state index in [-0.39, 0.29) is 24.5 Å². The predicted octanol–water partition coefficient (Wildman–Crippen LogP) is 3.37. The number of para-hydroxylation sites is 1. The summed E-state index contributed by atoms with van der Waals surface area (Å²) in [5.74, 6) is 0.403. The fourth-order valence-corrected chi connectivity index (χ4v) is 3.25. The standard InChI is InChI=1S/C24H33N3O4/c1-17(2)22(26-24(29)31-16-18-11-7-6-8-12-18)23(28)25-15-20(27(3)4)19-13-9-10-14-21(19)30-5/h6-14,17,20,22H,15-16H2,1-5H3,(H,25,28)(H,26,29). The van der Waals surface area contributed by atoms with Gasteiger partial charge in [-0.05, 0) is 31.6 Å². The van der Waals surface area contributed by atoms with Crippen molar-refractivity contribution in [3.63, 3.8) is 0 Å². The summed E-state index contributed by atoms with van der Waals surface area (Å²) in [6.45, 7) is 4.28. The molecule has 7 heteroatoms. The Morgan fingerprint density at radius 1 is 1.00 bits per heavy atom. The molecule has 0 radical (unpaired) electrons. The Morgan fingerprint density at radius 2 is 1.65 bits per heavy atom. The summed E-state index contributed by atoms with van der Waals surface area (Å²) < 4.78 is 10.7. The van der Waals surface area contributed by atoms with Gasteiger partial charge in [-0.3, -0.25) is 4.79 Å². The third-order valence-electron chi connectivity index (χ3n) is 5.03. The van der Waals surface area contributed by atoms with E-state index < -0.39 is 12.1 Å². The first-order chi connectivity index (χ1) is 14.8. The van der Waals surface area contributed by atoms with E-state index in [4.69, 9.17) is 9.47 Å². The van der Waals surface area contributed by atoms with Crippen LogP contribution in [0.25, 0.3) is 0 Å². The van der Waals surface area contributed by atoms with Gasteiger partial charge in [-0.1, -0.05) is 62.4 Å². The molecule has 168 valence electrons. The number of alkyl carbamates (subject to hydrolysis) is 1. The van der Waals surface area contributed by atoms with Gasteiger partial charge in [0, 0.05) is 12.1 Å². The molecule has 0 heterocycles. The average Bonchev–Trinajstić information content (AvgIpc) is 2.76. The summed E-state index contributed by atoms with van der Waals surface area (Å²) in [5, 5.41) is 5.66. The van der Waals surface area contributed by atoms with Gasteiger partial charge in [-0.2, -0.15) is 0 Å². The van der Waals surface area contributed by atoms with Crippen molar-refractivity contribution in [3.05, 3.63) is 65.7 Å². The number of ether oxygens (including phenoxy) is 2. The Hall–Kier alpha value is -3.06. The SMILES string of the molecule is COc1ccccc1C(CNC(=O)C(NC(=O)OCc1ccccc1)C(C)C)N(C)C. The van der Waals surface area contributed by atoms with Gasteiger partial charge in [-0.15, -0.1) is 0 Å². The maximum absolute atomic E-state index is 12.9. The minimum absolute atomic E-state index is 0.0852. The normalized spacial score (nSPS) is 12.9. The number of carbonyl (C=O) groups excluding carboxylic acids is 2. The van der Waals surface area contributed by atoms with Crippen LogP contribution in [0.1, 0.15) is 31.0 Å². The van der Waals surface area contributed by atoms with Crippen LogP contribution < -0.4 is 15.4 Å². The van der Waals surface area contributed by atoms with Crippen molar-refractivity contribution in [2.24, 2.45) is 5.92 Å². The molecule has 0 aromatic heterocycles. The number of hydrogen-bond donors (Lipinski definition) is 2. The Kier molecular flexibility index (Phi) is 9.34. The summed E-state index contributed by atoms with van der Waals surface area (Å²) >= 11 is 0. The minimum Gasteiger partial charge on any atom is -0.496 e. The van der Waals surface area contributed by atoms with Crippen LogP contribution in [-0.2, 0) is 16.1 Å². The molecule has 7 nitrogen and oxygen atoms in total. The van der Waals surface area contributed by atoms with E-state index in [1.54, 1.807) is 7.11 Å². The van der Waals surface area contributed by atoms with Gasteiger partial charge in [0.1, 0.15) is 18.4 Å². The third kappa shape index (κ3) is 7.29. The van der Waals surface area contributed by atoms with Crippen LogP contribution in [0.2, 0.25) is 0 Å². The second-order valence-electron chi connectivity index (χ2n) is 7.89. The lowest BCUT2D eigenvalue weighted by molar-refractivity contribution is -0.124. The number of carbonyl (C=O) groups is 2. The maximum atomic E-state index is 12.9. The zero-order valence-corrected chi connectivity index (χ0v) is 18.9. The third-order valence-corrected chi connectivity index (χ3v) is 5.03. The van der Waals surface area contributed by atoms with Crippen molar-refractivity contribution in [2.75, 3.05) is 27.7 Å². The van der Waals surface area contributed by atoms with Crippen molar-refractivity contribution in [1.29, 1.82) is 0 Å². The lowest BCUT2D eigenvalue weighted by Gasteiger charge is -2.28. The molecule has 0 bridgehead atoms. The van der Waals surface area contributed by atoms with Crippen LogP contribution in [0.15, 0.2) is 54.6 Å². The molecule has 2 aromatic carbocycles. The first kappa shape index (κ1) is 24.2. The lowest BCUT2D eigenvalue weighted by Crippen LogP contribution is -2.51. The number of rotatable bonds is 10. The molecule has 0 fully saturated rings. The number of hydrogen-bond acceptors (Lipinski definition) is 5. The molecule has 0 aliphatic heterocycles. The molecule has 2 atom stereocenters. The van der Waals surface area contributed by atoms with E-state index in [1.165, 1.54) is 0 Å². The highest BCUT2D eigenvalue weighted by atomic mass is 16.5. The summed E-state index contributed by atoms with van der Waals surface area (Å²) in [6.07, 6.45) is -0.619. The molecular weight excluding hydrogens is 394 g/mol. The first-order valence-electron chi connectivity index (χ1n) is 10.4. The van der Waals surface area contributed by atoms with Gasteiger partial charge < -0.3 is 25.0 Å². The van der Waals surface area contributed by atoms with Crippen molar-refractivity contribution in [2.45, 2.75) is 32.5 Å². The maximum Gasteiger partial charge on any atom is 0.408 e. The molecule has 2 aromatic rings. The van der Waals surface area contributed by atoms with Gasteiger partial charge >= 0.3 is 6.09 Å². The lowest BCUT2D eigenvalue weighted by atomic mass is 10.0. The zero-order valence-electron chi connectivity index (χ0n) is 18.9. The quantitative estimate of drug-likeness (QED) is 0.608. The smallest absolute Gasteiger partial charge is 0.408 e. The molecule has 2 unspecified atom stereocenters. The number of methoxy groups -OCH3 is 1. The van der Waals surface area contributed by atoms with Crippen molar-refractivity contribution in [1.82, 2.24) is 15.5 Å². The molecule has 2 amide bonds. The van der Waals surface area contributed by atoms with Gasteiger partial charge in [0.15, 0.2) is 0 Å². The van der Waals surface area contributed by atoms with Crippen LogP contribution in [0, 0.1) is 5.92 Å². The van der Waals surface area contributed by atoms with Crippen LogP contribution in [-0.4, -0.2) is 50.7 Å². The van der Waals surface area contributed by atoms with E-state index in [9.17, 15) is 9.59 Å². The van der Waals surface area contributed by atoms with Crippen molar-refractivity contribution in [3.8, 4) is 5.75 Å².